The number of alkyl halides is 2. The Morgan fingerprint density at radius 2 is 2.08 bits per heavy atom. The van der Waals surface area contributed by atoms with Gasteiger partial charge in [0.15, 0.2) is 11.5 Å². The lowest BCUT2D eigenvalue weighted by molar-refractivity contribution is -0.132. The van der Waals surface area contributed by atoms with E-state index < -0.39 is 6.61 Å². The zero-order chi connectivity index (χ0) is 16.8. The molecule has 0 heterocycles. The van der Waals surface area contributed by atoms with E-state index in [0.717, 1.165) is 18.4 Å². The molecule has 2 rings (SSSR count). The lowest BCUT2D eigenvalue weighted by atomic mass is 10.1. The van der Waals surface area contributed by atoms with E-state index in [-0.39, 0.29) is 35.9 Å². The van der Waals surface area contributed by atoms with Crippen molar-refractivity contribution in [3.63, 3.8) is 0 Å². The summed E-state index contributed by atoms with van der Waals surface area (Å²) in [4.78, 5) is 14.1. The highest BCUT2D eigenvalue weighted by Gasteiger charge is 2.32. The second kappa shape index (κ2) is 9.64. The Hall–Kier alpha value is -1.60. The molecule has 8 heteroatoms. The van der Waals surface area contributed by atoms with Gasteiger partial charge < -0.3 is 19.7 Å². The molecule has 0 aliphatic heterocycles. The summed E-state index contributed by atoms with van der Waals surface area (Å²) in [5.41, 5.74) is 0.827. The van der Waals surface area contributed by atoms with Gasteiger partial charge in [0, 0.05) is 25.6 Å². The molecule has 1 fully saturated rings. The van der Waals surface area contributed by atoms with Gasteiger partial charge in [0.05, 0.1) is 7.11 Å². The zero-order valence-corrected chi connectivity index (χ0v) is 14.6. The molecule has 0 spiro atoms. The van der Waals surface area contributed by atoms with Gasteiger partial charge in [0.1, 0.15) is 0 Å². The Bertz CT molecular complexity index is 542. The molecule has 0 unspecified atom stereocenters. The van der Waals surface area contributed by atoms with Crippen molar-refractivity contribution < 1.29 is 23.0 Å². The molecule has 1 aromatic carbocycles. The number of ether oxygens (including phenoxy) is 2. The maximum atomic E-state index is 12.3. The first-order chi connectivity index (χ1) is 11.0. The van der Waals surface area contributed by atoms with E-state index in [9.17, 15) is 13.6 Å². The molecule has 0 atom stereocenters. The predicted octanol–water partition coefficient (Wildman–Crippen LogP) is 2.82. The number of carbonyl (C=O) groups excluding carboxylic acids is 1. The molecule has 1 aliphatic rings. The molecule has 1 saturated carbocycles. The van der Waals surface area contributed by atoms with Crippen LogP contribution in [0, 0.1) is 0 Å². The van der Waals surface area contributed by atoms with Crippen LogP contribution >= 0.6 is 12.4 Å². The van der Waals surface area contributed by atoms with E-state index in [4.69, 9.17) is 4.74 Å². The minimum Gasteiger partial charge on any atom is -0.493 e. The number of amides is 1. The van der Waals surface area contributed by atoms with E-state index in [2.05, 4.69) is 10.1 Å². The maximum Gasteiger partial charge on any atom is 0.387 e. The summed E-state index contributed by atoms with van der Waals surface area (Å²) in [7, 11) is 3.20. The molecule has 0 bridgehead atoms. The molecule has 1 N–H and O–H groups in total. The van der Waals surface area contributed by atoms with Crippen molar-refractivity contribution >= 4 is 18.3 Å². The SMILES string of the molecule is CNCCC(=O)N(Cc1ccc(OC(F)F)c(OC)c1)C1CC1.Cl. The van der Waals surface area contributed by atoms with E-state index in [1.165, 1.54) is 13.2 Å². The summed E-state index contributed by atoms with van der Waals surface area (Å²) in [5, 5.41) is 2.97. The van der Waals surface area contributed by atoms with E-state index >= 15 is 0 Å². The van der Waals surface area contributed by atoms with E-state index in [1.54, 1.807) is 19.2 Å². The highest BCUT2D eigenvalue weighted by atomic mass is 35.5. The zero-order valence-electron chi connectivity index (χ0n) is 13.8. The molecule has 1 aliphatic carbocycles. The minimum atomic E-state index is -2.90. The first-order valence-electron chi connectivity index (χ1n) is 7.61. The van der Waals surface area contributed by atoms with Crippen molar-refractivity contribution in [1.29, 1.82) is 0 Å². The summed E-state index contributed by atoms with van der Waals surface area (Å²) in [6.45, 7) is -1.83. The van der Waals surface area contributed by atoms with Gasteiger partial charge in [-0.3, -0.25) is 4.79 Å². The number of nitrogens with one attached hydrogen (secondary N) is 1. The number of hydrogen-bond donors (Lipinski definition) is 1. The number of carbonyl (C=O) groups is 1. The Morgan fingerprint density at radius 3 is 2.62 bits per heavy atom. The average Bonchev–Trinajstić information content (AvgIpc) is 3.35. The van der Waals surface area contributed by atoms with Crippen molar-refractivity contribution in [2.75, 3.05) is 20.7 Å². The van der Waals surface area contributed by atoms with Gasteiger partial charge in [-0.15, -0.1) is 12.4 Å². The number of methoxy groups -OCH3 is 1. The van der Waals surface area contributed by atoms with Crippen LogP contribution in [0.5, 0.6) is 11.5 Å². The first-order valence-corrected chi connectivity index (χ1v) is 7.61. The molecule has 0 saturated heterocycles. The molecular weight excluding hydrogens is 342 g/mol. The second-order valence-corrected chi connectivity index (χ2v) is 5.47. The maximum absolute atomic E-state index is 12.3. The number of halogens is 3. The van der Waals surface area contributed by atoms with Gasteiger partial charge in [-0.25, -0.2) is 0 Å². The van der Waals surface area contributed by atoms with Crippen molar-refractivity contribution in [3.8, 4) is 11.5 Å². The highest BCUT2D eigenvalue weighted by Crippen LogP contribution is 2.32. The Labute approximate surface area is 146 Å². The van der Waals surface area contributed by atoms with Crippen molar-refractivity contribution in [1.82, 2.24) is 10.2 Å². The number of rotatable bonds is 9. The van der Waals surface area contributed by atoms with Crippen LogP contribution in [0.2, 0.25) is 0 Å². The molecule has 1 aromatic rings. The van der Waals surface area contributed by atoms with Gasteiger partial charge in [0.25, 0.3) is 0 Å². The third kappa shape index (κ3) is 5.79. The van der Waals surface area contributed by atoms with Crippen LogP contribution in [-0.2, 0) is 11.3 Å². The quantitative estimate of drug-likeness (QED) is 0.732. The van der Waals surface area contributed by atoms with Crippen molar-refractivity contribution in [2.24, 2.45) is 0 Å². The van der Waals surface area contributed by atoms with Gasteiger partial charge in [-0.05, 0) is 37.6 Å². The Kier molecular flexibility index (Phi) is 8.21. The standard InChI is InChI=1S/C16H22F2N2O3.ClH/c1-19-8-7-15(21)20(12-4-5-12)10-11-3-6-13(23-16(17)18)14(9-11)22-2;/h3,6,9,12,16,19H,4-5,7-8,10H2,1-2H3;1H. The van der Waals surface area contributed by atoms with Crippen molar-refractivity contribution in [3.05, 3.63) is 23.8 Å². The van der Waals surface area contributed by atoms with E-state index in [0.29, 0.717) is 19.5 Å². The molecule has 0 radical (unpaired) electrons. The lowest BCUT2D eigenvalue weighted by Gasteiger charge is -2.23. The first kappa shape index (κ1) is 20.4. The third-order valence-electron chi connectivity index (χ3n) is 3.69. The molecule has 24 heavy (non-hydrogen) atoms. The third-order valence-corrected chi connectivity index (χ3v) is 3.69. The molecular formula is C16H23ClF2N2O3. The average molecular weight is 365 g/mol. The molecule has 136 valence electrons. The topological polar surface area (TPSA) is 50.8 Å². The number of hydrogen-bond acceptors (Lipinski definition) is 4. The minimum absolute atomic E-state index is 0. The Morgan fingerprint density at radius 1 is 1.38 bits per heavy atom. The number of benzene rings is 1. The van der Waals surface area contributed by atoms with Crippen LogP contribution in [0.4, 0.5) is 8.78 Å². The lowest BCUT2D eigenvalue weighted by Crippen LogP contribution is -2.34. The summed E-state index contributed by atoms with van der Waals surface area (Å²) in [6, 6.07) is 5.05. The predicted molar refractivity (Wildman–Crippen MR) is 89.0 cm³/mol. The second-order valence-electron chi connectivity index (χ2n) is 5.47. The smallest absolute Gasteiger partial charge is 0.387 e. The summed E-state index contributed by atoms with van der Waals surface area (Å²) in [5.74, 6) is 0.320. The molecule has 5 nitrogen and oxygen atoms in total. The van der Waals surface area contributed by atoms with Crippen LogP contribution in [0.1, 0.15) is 24.8 Å². The fourth-order valence-corrected chi connectivity index (χ4v) is 2.38. The van der Waals surface area contributed by atoms with Crippen LogP contribution in [-0.4, -0.2) is 44.2 Å². The summed E-state index contributed by atoms with van der Waals surface area (Å²) in [6.07, 6.45) is 2.46. The van der Waals surface area contributed by atoms with Crippen LogP contribution < -0.4 is 14.8 Å². The fourth-order valence-electron chi connectivity index (χ4n) is 2.38. The van der Waals surface area contributed by atoms with E-state index in [1.807, 2.05) is 4.90 Å². The van der Waals surface area contributed by atoms with Gasteiger partial charge >= 0.3 is 6.61 Å². The summed E-state index contributed by atoms with van der Waals surface area (Å²) < 4.78 is 34.2. The van der Waals surface area contributed by atoms with Gasteiger partial charge in [0.2, 0.25) is 5.91 Å². The van der Waals surface area contributed by atoms with Crippen LogP contribution in [0.25, 0.3) is 0 Å². The molecule has 1 amide bonds. The van der Waals surface area contributed by atoms with Gasteiger partial charge in [-0.1, -0.05) is 6.07 Å². The normalized spacial score (nSPS) is 13.4. The van der Waals surface area contributed by atoms with Crippen LogP contribution in [0.3, 0.4) is 0 Å². The summed E-state index contributed by atoms with van der Waals surface area (Å²) >= 11 is 0. The largest absolute Gasteiger partial charge is 0.493 e. The van der Waals surface area contributed by atoms with Crippen LogP contribution in [0.15, 0.2) is 18.2 Å². The monoisotopic (exact) mass is 364 g/mol. The molecule has 0 aromatic heterocycles. The Balaban J connectivity index is 0.00000288. The fraction of sp³-hybridized carbons (Fsp3) is 0.562. The van der Waals surface area contributed by atoms with Gasteiger partial charge in [-0.2, -0.15) is 8.78 Å². The van der Waals surface area contributed by atoms with Crippen molar-refractivity contribution in [2.45, 2.75) is 38.5 Å². The number of nitrogens with zero attached hydrogens (tertiary/aromatic N) is 1. The highest BCUT2D eigenvalue weighted by molar-refractivity contribution is 5.85.